The lowest BCUT2D eigenvalue weighted by molar-refractivity contribution is -0.131. The molecule has 1 aromatic heterocycles. The topological polar surface area (TPSA) is 55.1 Å². The van der Waals surface area contributed by atoms with Crippen LogP contribution in [0.3, 0.4) is 0 Å². The van der Waals surface area contributed by atoms with Crippen LogP contribution in [0.2, 0.25) is 0 Å². The van der Waals surface area contributed by atoms with Crippen molar-refractivity contribution in [3.8, 4) is 5.69 Å². The summed E-state index contributed by atoms with van der Waals surface area (Å²) in [5.41, 5.74) is 3.01. The molecule has 0 aliphatic carbocycles. The molecule has 0 radical (unpaired) electrons. The summed E-state index contributed by atoms with van der Waals surface area (Å²) >= 11 is 0. The fraction of sp³-hybridized carbons (Fsp3) is 0.200. The molecule has 0 aliphatic heterocycles. The van der Waals surface area contributed by atoms with Crippen LogP contribution in [-0.2, 0) is 11.2 Å². The van der Waals surface area contributed by atoms with Gasteiger partial charge in [-0.1, -0.05) is 19.1 Å². The first-order valence-electron chi connectivity index (χ1n) is 6.16. The van der Waals surface area contributed by atoms with E-state index in [4.69, 9.17) is 5.11 Å². The highest BCUT2D eigenvalue weighted by Gasteiger charge is 2.06. The van der Waals surface area contributed by atoms with Gasteiger partial charge in [-0.15, -0.1) is 0 Å². The summed E-state index contributed by atoms with van der Waals surface area (Å²) < 4.78 is 2.04. The van der Waals surface area contributed by atoms with Crippen LogP contribution < -0.4 is 0 Å². The summed E-state index contributed by atoms with van der Waals surface area (Å²) in [4.78, 5) is 14.9. The average Bonchev–Trinajstić information content (AvgIpc) is 2.85. The summed E-state index contributed by atoms with van der Waals surface area (Å²) in [6.45, 7) is 4.09. The highest BCUT2D eigenvalue weighted by Crippen LogP contribution is 2.19. The molecule has 0 atom stereocenters. The third-order valence-corrected chi connectivity index (χ3v) is 2.94. The van der Waals surface area contributed by atoms with Crippen molar-refractivity contribution in [1.82, 2.24) is 9.55 Å². The lowest BCUT2D eigenvalue weighted by Gasteiger charge is -2.11. The van der Waals surface area contributed by atoms with E-state index in [1.165, 1.54) is 0 Å². The third-order valence-electron chi connectivity index (χ3n) is 2.94. The summed E-state index contributed by atoms with van der Waals surface area (Å²) in [5, 5.41) is 8.66. The molecule has 0 saturated heterocycles. The Bertz CT molecular complexity index is 627. The molecule has 4 nitrogen and oxygen atoms in total. The Labute approximate surface area is 112 Å². The summed E-state index contributed by atoms with van der Waals surface area (Å²) in [7, 11) is 0. The molecule has 0 saturated carbocycles. The number of carboxylic acids is 1. The van der Waals surface area contributed by atoms with Crippen LogP contribution >= 0.6 is 0 Å². The van der Waals surface area contributed by atoms with Crippen molar-refractivity contribution in [3.63, 3.8) is 0 Å². The van der Waals surface area contributed by atoms with E-state index < -0.39 is 5.97 Å². The molecule has 0 unspecified atom stereocenters. The van der Waals surface area contributed by atoms with Crippen molar-refractivity contribution in [2.75, 3.05) is 0 Å². The largest absolute Gasteiger partial charge is 0.478 e. The van der Waals surface area contributed by atoms with Crippen LogP contribution in [0.5, 0.6) is 0 Å². The summed E-state index contributed by atoms with van der Waals surface area (Å²) in [5.74, 6) is 0.0430. The normalized spacial score (nSPS) is 11.1. The van der Waals surface area contributed by atoms with Gasteiger partial charge in [0.05, 0.1) is 5.69 Å². The van der Waals surface area contributed by atoms with Crippen molar-refractivity contribution >= 4 is 12.0 Å². The van der Waals surface area contributed by atoms with Crippen molar-refractivity contribution in [1.29, 1.82) is 0 Å². The van der Waals surface area contributed by atoms with Gasteiger partial charge < -0.3 is 9.67 Å². The van der Waals surface area contributed by atoms with Crippen molar-refractivity contribution < 1.29 is 9.90 Å². The highest BCUT2D eigenvalue weighted by molar-refractivity contribution is 5.85. The number of hydrogen-bond acceptors (Lipinski definition) is 2. The van der Waals surface area contributed by atoms with E-state index in [9.17, 15) is 4.79 Å². The maximum atomic E-state index is 10.6. The molecule has 19 heavy (non-hydrogen) atoms. The van der Waals surface area contributed by atoms with E-state index in [1.54, 1.807) is 12.3 Å². The molecule has 1 heterocycles. The van der Waals surface area contributed by atoms with Gasteiger partial charge in [0.25, 0.3) is 0 Å². The second-order valence-corrected chi connectivity index (χ2v) is 4.28. The van der Waals surface area contributed by atoms with Gasteiger partial charge in [-0.05, 0) is 30.2 Å². The predicted octanol–water partition coefficient (Wildman–Crippen LogP) is 2.84. The van der Waals surface area contributed by atoms with Crippen molar-refractivity contribution in [2.24, 2.45) is 0 Å². The van der Waals surface area contributed by atoms with Crippen molar-refractivity contribution in [2.45, 2.75) is 20.3 Å². The average molecular weight is 256 g/mol. The van der Waals surface area contributed by atoms with Crippen LogP contribution in [0.1, 0.15) is 23.9 Å². The van der Waals surface area contributed by atoms with Gasteiger partial charge in [-0.2, -0.15) is 0 Å². The molecule has 0 aliphatic rings. The SMILES string of the molecule is CCc1nccn1-c1cc(/C=C/C(=O)O)ccc1C. The standard InChI is InChI=1S/C15H16N2O2/c1-3-14-16-8-9-17(14)13-10-12(5-4-11(13)2)6-7-15(18)19/h4-10H,3H2,1-2H3,(H,18,19)/b7-6+. The van der Waals surface area contributed by atoms with Crippen LogP contribution in [-0.4, -0.2) is 20.6 Å². The van der Waals surface area contributed by atoms with Gasteiger partial charge in [-0.3, -0.25) is 0 Å². The number of aryl methyl sites for hydroxylation is 2. The van der Waals surface area contributed by atoms with Crippen LogP contribution in [0.15, 0.2) is 36.7 Å². The molecule has 4 heteroatoms. The minimum Gasteiger partial charge on any atom is -0.478 e. The van der Waals surface area contributed by atoms with E-state index >= 15 is 0 Å². The van der Waals surface area contributed by atoms with Crippen LogP contribution in [0.25, 0.3) is 11.8 Å². The number of carbonyl (C=O) groups is 1. The Hall–Kier alpha value is -2.36. The van der Waals surface area contributed by atoms with E-state index in [0.717, 1.165) is 35.1 Å². The highest BCUT2D eigenvalue weighted by atomic mass is 16.4. The molecule has 1 N–H and O–H groups in total. The smallest absolute Gasteiger partial charge is 0.328 e. The van der Waals surface area contributed by atoms with Gasteiger partial charge in [-0.25, -0.2) is 9.78 Å². The second-order valence-electron chi connectivity index (χ2n) is 4.28. The van der Waals surface area contributed by atoms with E-state index in [0.29, 0.717) is 0 Å². The first kappa shape index (κ1) is 13.1. The Kier molecular flexibility index (Phi) is 3.80. The van der Waals surface area contributed by atoms with E-state index in [2.05, 4.69) is 11.9 Å². The van der Waals surface area contributed by atoms with Gasteiger partial charge in [0.2, 0.25) is 0 Å². The lowest BCUT2D eigenvalue weighted by Crippen LogP contribution is -2.01. The second kappa shape index (κ2) is 5.52. The van der Waals surface area contributed by atoms with E-state index in [1.807, 2.05) is 35.9 Å². The summed E-state index contributed by atoms with van der Waals surface area (Å²) in [6, 6.07) is 5.85. The zero-order valence-corrected chi connectivity index (χ0v) is 11.0. The minimum atomic E-state index is -0.945. The van der Waals surface area contributed by atoms with Gasteiger partial charge in [0.15, 0.2) is 0 Å². The number of rotatable bonds is 4. The fourth-order valence-corrected chi connectivity index (χ4v) is 1.97. The molecule has 0 amide bonds. The predicted molar refractivity (Wildman–Crippen MR) is 74.3 cm³/mol. The molecule has 0 bridgehead atoms. The Morgan fingerprint density at radius 1 is 1.47 bits per heavy atom. The number of aliphatic carboxylic acids is 1. The van der Waals surface area contributed by atoms with Crippen LogP contribution in [0.4, 0.5) is 0 Å². The van der Waals surface area contributed by atoms with Gasteiger partial charge in [0.1, 0.15) is 5.82 Å². The number of imidazole rings is 1. The zero-order valence-electron chi connectivity index (χ0n) is 11.0. The molecule has 2 rings (SSSR count). The third kappa shape index (κ3) is 2.91. The molecule has 0 spiro atoms. The number of benzene rings is 1. The summed E-state index contributed by atoms with van der Waals surface area (Å²) in [6.07, 6.45) is 7.28. The number of nitrogens with zero attached hydrogens (tertiary/aromatic N) is 2. The van der Waals surface area contributed by atoms with Crippen LogP contribution in [0, 0.1) is 6.92 Å². The minimum absolute atomic E-state index is 0.849. The molecule has 2 aromatic rings. The molecule has 1 aromatic carbocycles. The van der Waals surface area contributed by atoms with Gasteiger partial charge in [0, 0.05) is 24.9 Å². The number of hydrogen-bond donors (Lipinski definition) is 1. The number of aromatic nitrogens is 2. The molecule has 98 valence electrons. The van der Waals surface area contributed by atoms with Crippen molar-refractivity contribution in [3.05, 3.63) is 53.6 Å². The Morgan fingerprint density at radius 2 is 2.26 bits per heavy atom. The monoisotopic (exact) mass is 256 g/mol. The maximum absolute atomic E-state index is 10.6. The first-order chi connectivity index (χ1) is 9.11. The first-order valence-corrected chi connectivity index (χ1v) is 6.16. The molecular weight excluding hydrogens is 240 g/mol. The Balaban J connectivity index is 2.45. The molecular formula is C15H16N2O2. The fourth-order valence-electron chi connectivity index (χ4n) is 1.97. The quantitative estimate of drug-likeness (QED) is 0.856. The zero-order chi connectivity index (χ0) is 13.8. The Morgan fingerprint density at radius 3 is 2.95 bits per heavy atom. The van der Waals surface area contributed by atoms with E-state index in [-0.39, 0.29) is 0 Å². The van der Waals surface area contributed by atoms with Gasteiger partial charge >= 0.3 is 5.97 Å². The number of carboxylic acid groups (broad SMARTS) is 1. The lowest BCUT2D eigenvalue weighted by atomic mass is 10.1. The maximum Gasteiger partial charge on any atom is 0.328 e. The molecule has 0 fully saturated rings.